The molecule has 2 heterocycles. The van der Waals surface area contributed by atoms with Crippen LogP contribution in [-0.2, 0) is 22.6 Å². The fourth-order valence-electron chi connectivity index (χ4n) is 3.51. The second-order valence-corrected chi connectivity index (χ2v) is 10.1. The van der Waals surface area contributed by atoms with E-state index < -0.39 is 17.8 Å². The first-order valence-electron chi connectivity index (χ1n) is 13.5. The van der Waals surface area contributed by atoms with E-state index in [-0.39, 0.29) is 37.1 Å². The van der Waals surface area contributed by atoms with Gasteiger partial charge >= 0.3 is 0 Å². The van der Waals surface area contributed by atoms with Crippen LogP contribution in [0.15, 0.2) is 35.4 Å². The molecule has 1 aliphatic carbocycles. The van der Waals surface area contributed by atoms with Gasteiger partial charge in [0, 0.05) is 19.2 Å². The maximum absolute atomic E-state index is 11.5. The molecule has 1 saturated carbocycles. The Kier molecular flexibility index (Phi) is 12.8. The summed E-state index contributed by atoms with van der Waals surface area (Å²) in [4.78, 5) is 21.6. The van der Waals surface area contributed by atoms with E-state index in [4.69, 9.17) is 30.2 Å². The van der Waals surface area contributed by atoms with Gasteiger partial charge in [-0.05, 0) is 42.9 Å². The molecule has 3 aromatic rings. The monoisotopic (exact) mass is 562 g/mol. The largest absolute Gasteiger partial charge is 0.491 e. The lowest BCUT2D eigenvalue weighted by molar-refractivity contribution is -0.0488. The number of aromatic nitrogens is 4. The third kappa shape index (κ3) is 10.8. The number of imidazole rings is 1. The molecule has 0 bridgehead atoms. The quantitative estimate of drug-likeness (QED) is 0.133. The Hall–Kier alpha value is -3.07. The highest BCUT2D eigenvalue weighted by Gasteiger charge is 2.20. The fourth-order valence-corrected chi connectivity index (χ4v) is 3.51. The molecule has 1 aromatic carbocycles. The number of H-pyrrole nitrogens is 1. The number of rotatable bonds is 16. The SMILES string of the molecule is CC(C)NCC(O)COc1ccc(CCOCC2CC2)cc1.Nc1nc2c(ncn2COC(CO)CO)c(=O)[nH]1. The molecule has 0 radical (unpaired) electrons. The van der Waals surface area contributed by atoms with Crippen LogP contribution in [0.3, 0.4) is 0 Å². The molecule has 1 fully saturated rings. The lowest BCUT2D eigenvalue weighted by Gasteiger charge is -2.15. The number of nitrogens with two attached hydrogens (primary N) is 1. The van der Waals surface area contributed by atoms with Crippen molar-refractivity contribution < 1.29 is 29.5 Å². The molecule has 0 amide bonds. The summed E-state index contributed by atoms with van der Waals surface area (Å²) < 4.78 is 17.9. The second-order valence-electron chi connectivity index (χ2n) is 10.1. The first-order valence-corrected chi connectivity index (χ1v) is 13.5. The molecule has 40 heavy (non-hydrogen) atoms. The number of anilines is 1. The van der Waals surface area contributed by atoms with Crippen molar-refractivity contribution in [2.45, 2.75) is 58.1 Å². The first-order chi connectivity index (χ1) is 19.3. The van der Waals surface area contributed by atoms with Crippen LogP contribution < -0.4 is 21.3 Å². The summed E-state index contributed by atoms with van der Waals surface area (Å²) >= 11 is 0. The van der Waals surface area contributed by atoms with Gasteiger partial charge in [0.1, 0.15) is 31.3 Å². The van der Waals surface area contributed by atoms with Crippen molar-refractivity contribution in [2.24, 2.45) is 5.92 Å². The molecule has 4 rings (SSSR count). The third-order valence-electron chi connectivity index (χ3n) is 6.06. The molecule has 0 spiro atoms. The summed E-state index contributed by atoms with van der Waals surface area (Å²) in [6, 6.07) is 8.41. The summed E-state index contributed by atoms with van der Waals surface area (Å²) in [5.41, 5.74) is 6.69. The molecular formula is C27H42N6O7. The van der Waals surface area contributed by atoms with E-state index in [0.29, 0.717) is 19.2 Å². The lowest BCUT2D eigenvalue weighted by atomic mass is 10.1. The van der Waals surface area contributed by atoms with Gasteiger partial charge in [-0.2, -0.15) is 4.98 Å². The highest BCUT2D eigenvalue weighted by molar-refractivity contribution is 5.70. The predicted octanol–water partition coefficient (Wildman–Crippen LogP) is 0.423. The van der Waals surface area contributed by atoms with Gasteiger partial charge in [-0.1, -0.05) is 26.0 Å². The van der Waals surface area contributed by atoms with Crippen LogP contribution in [0.25, 0.3) is 11.2 Å². The molecule has 0 aliphatic heterocycles. The van der Waals surface area contributed by atoms with Crippen LogP contribution in [-0.4, -0.2) is 92.7 Å². The standard InChI is InChI=1S/C18H29NO3.C9H13N5O4/c1-14(2)19-11-17(20)13-22-18-7-5-15(6-8-18)9-10-21-12-16-3-4-16;10-9-12-7-6(8(17)13-9)11-3-14(7)4-18-5(1-15)2-16/h5-8,14,16-17,19-20H,3-4,9-13H2,1-2H3;3,5,15-16H,1-2,4H2,(H3,10,12,13,17). The number of nitrogens with one attached hydrogen (secondary N) is 2. The zero-order valence-corrected chi connectivity index (χ0v) is 23.2. The van der Waals surface area contributed by atoms with Gasteiger partial charge in [0.2, 0.25) is 5.95 Å². The lowest BCUT2D eigenvalue weighted by Crippen LogP contribution is -2.35. The summed E-state index contributed by atoms with van der Waals surface area (Å²) in [5.74, 6) is 1.61. The van der Waals surface area contributed by atoms with Gasteiger partial charge in [-0.15, -0.1) is 0 Å². The van der Waals surface area contributed by atoms with E-state index in [1.165, 1.54) is 29.3 Å². The molecule has 0 saturated heterocycles. The molecule has 2 aromatic heterocycles. The van der Waals surface area contributed by atoms with Crippen molar-refractivity contribution in [2.75, 3.05) is 45.3 Å². The number of aliphatic hydroxyl groups is 3. The van der Waals surface area contributed by atoms with Crippen molar-refractivity contribution in [3.05, 3.63) is 46.5 Å². The van der Waals surface area contributed by atoms with Crippen LogP contribution in [0.4, 0.5) is 5.95 Å². The smallest absolute Gasteiger partial charge is 0.280 e. The minimum absolute atomic E-state index is 0.00181. The zero-order chi connectivity index (χ0) is 28.9. The Morgan fingerprint density at radius 2 is 1.93 bits per heavy atom. The van der Waals surface area contributed by atoms with Gasteiger partial charge in [0.25, 0.3) is 5.56 Å². The van der Waals surface area contributed by atoms with Gasteiger partial charge in [0.05, 0.1) is 26.1 Å². The number of hydrogen-bond acceptors (Lipinski definition) is 11. The summed E-state index contributed by atoms with van der Waals surface area (Å²) in [6.07, 6.45) is 3.81. The van der Waals surface area contributed by atoms with Gasteiger partial charge in [0.15, 0.2) is 11.2 Å². The zero-order valence-electron chi connectivity index (χ0n) is 23.2. The van der Waals surface area contributed by atoms with Crippen LogP contribution in [0.1, 0.15) is 32.3 Å². The van der Waals surface area contributed by atoms with Crippen molar-refractivity contribution in [3.8, 4) is 5.75 Å². The minimum atomic E-state index is -0.693. The number of benzene rings is 1. The van der Waals surface area contributed by atoms with Crippen molar-refractivity contribution in [1.82, 2.24) is 24.8 Å². The molecule has 7 N–H and O–H groups in total. The maximum atomic E-state index is 11.5. The topological polar surface area (TPSA) is 190 Å². The van der Waals surface area contributed by atoms with E-state index in [9.17, 15) is 9.90 Å². The molecule has 13 heteroatoms. The maximum Gasteiger partial charge on any atom is 0.280 e. The second kappa shape index (κ2) is 16.3. The number of aromatic amines is 1. The Bertz CT molecular complexity index is 1190. The van der Waals surface area contributed by atoms with Gasteiger partial charge in [-0.25, -0.2) is 4.98 Å². The van der Waals surface area contributed by atoms with Crippen LogP contribution in [0.5, 0.6) is 5.75 Å². The molecule has 1 aliphatic rings. The highest BCUT2D eigenvalue weighted by atomic mass is 16.5. The predicted molar refractivity (Wildman–Crippen MR) is 150 cm³/mol. The molecule has 1 atom stereocenters. The number of ether oxygens (including phenoxy) is 3. The number of aliphatic hydroxyl groups excluding tert-OH is 3. The van der Waals surface area contributed by atoms with Gasteiger partial charge < -0.3 is 40.6 Å². The van der Waals surface area contributed by atoms with Crippen molar-refractivity contribution in [1.29, 1.82) is 0 Å². The average Bonchev–Trinajstić information content (AvgIpc) is 3.68. The van der Waals surface area contributed by atoms with E-state index >= 15 is 0 Å². The summed E-state index contributed by atoms with van der Waals surface area (Å²) in [7, 11) is 0. The van der Waals surface area contributed by atoms with E-state index in [0.717, 1.165) is 31.3 Å². The number of hydrogen-bond donors (Lipinski definition) is 6. The van der Waals surface area contributed by atoms with Crippen molar-refractivity contribution in [3.63, 3.8) is 0 Å². The normalized spacial score (nSPS) is 14.0. The Morgan fingerprint density at radius 3 is 2.58 bits per heavy atom. The van der Waals surface area contributed by atoms with E-state index in [1.807, 2.05) is 12.1 Å². The average molecular weight is 563 g/mol. The van der Waals surface area contributed by atoms with Gasteiger partial charge in [-0.3, -0.25) is 14.3 Å². The van der Waals surface area contributed by atoms with E-state index in [1.54, 1.807) is 0 Å². The third-order valence-corrected chi connectivity index (χ3v) is 6.06. The molecule has 222 valence electrons. The summed E-state index contributed by atoms with van der Waals surface area (Å²) in [5, 5.41) is 30.7. The first kappa shape index (κ1) is 31.5. The van der Waals surface area contributed by atoms with Crippen LogP contribution in [0, 0.1) is 5.92 Å². The summed E-state index contributed by atoms with van der Waals surface area (Å²) in [6.45, 7) is 6.06. The number of nitrogens with zero attached hydrogens (tertiary/aromatic N) is 3. The molecule has 13 nitrogen and oxygen atoms in total. The minimum Gasteiger partial charge on any atom is -0.491 e. The highest BCUT2D eigenvalue weighted by Crippen LogP contribution is 2.28. The fraction of sp³-hybridized carbons (Fsp3) is 0.593. The Labute approximate surface area is 233 Å². The number of nitrogen functional groups attached to an aromatic ring is 1. The van der Waals surface area contributed by atoms with Crippen LogP contribution in [0.2, 0.25) is 0 Å². The van der Waals surface area contributed by atoms with Crippen LogP contribution >= 0.6 is 0 Å². The molecular weight excluding hydrogens is 520 g/mol. The Balaban J connectivity index is 0.000000225. The van der Waals surface area contributed by atoms with E-state index in [2.05, 4.69) is 46.2 Å². The Morgan fingerprint density at radius 1 is 1.20 bits per heavy atom. The molecule has 1 unspecified atom stereocenters. The number of fused-ring (bicyclic) bond motifs is 1. The van der Waals surface area contributed by atoms with Crippen molar-refractivity contribution >= 4 is 17.1 Å².